The van der Waals surface area contributed by atoms with Crippen LogP contribution in [0.5, 0.6) is 0 Å². The molecule has 0 aromatic heterocycles. The smallest absolute Gasteiger partial charge is 0.316 e. The molecule has 6 nitrogen and oxygen atoms in total. The lowest BCUT2D eigenvalue weighted by atomic mass is 9.65. The summed E-state index contributed by atoms with van der Waals surface area (Å²) in [6.45, 7) is 15.2. The second kappa shape index (κ2) is 15.1. The lowest BCUT2D eigenvalue weighted by Gasteiger charge is -2.43. The van der Waals surface area contributed by atoms with Gasteiger partial charge < -0.3 is 23.4 Å². The highest BCUT2D eigenvalue weighted by atomic mass is 28.4. The van der Waals surface area contributed by atoms with Crippen molar-refractivity contribution in [2.75, 3.05) is 40.1 Å². The number of carbonyl (C=O) groups excluding carboxylic acids is 1. The predicted octanol–water partition coefficient (Wildman–Crippen LogP) is 6.20. The molecule has 2 aliphatic rings. The van der Waals surface area contributed by atoms with Gasteiger partial charge in [-0.1, -0.05) is 106 Å². The molecule has 1 fully saturated rings. The van der Waals surface area contributed by atoms with E-state index in [-0.39, 0.29) is 30.1 Å². The number of ether oxygens (including phenoxy) is 4. The SMILES string of the molecule is COC(=O)[C@]1(C)C(COCC#CCC/C=C(\C)CO[Si](c2ccccc2)(c2ccccc2)C(C)(C)C)=CC2(C[C@H]1C)OCCO2. The molecular formula is C38H50O6Si. The van der Waals surface area contributed by atoms with Crippen molar-refractivity contribution in [2.24, 2.45) is 11.3 Å². The summed E-state index contributed by atoms with van der Waals surface area (Å²) in [7, 11) is -1.14. The van der Waals surface area contributed by atoms with Crippen molar-refractivity contribution in [3.05, 3.63) is 84.0 Å². The number of benzene rings is 2. The average molecular weight is 631 g/mol. The van der Waals surface area contributed by atoms with Crippen molar-refractivity contribution in [1.82, 2.24) is 0 Å². The number of esters is 1. The van der Waals surface area contributed by atoms with Crippen LogP contribution in [0.2, 0.25) is 5.04 Å². The Morgan fingerprint density at radius 3 is 2.18 bits per heavy atom. The molecule has 2 aromatic carbocycles. The third-order valence-corrected chi connectivity index (χ3v) is 14.3. The van der Waals surface area contributed by atoms with Crippen molar-refractivity contribution in [3.8, 4) is 11.8 Å². The number of methoxy groups -OCH3 is 1. The van der Waals surface area contributed by atoms with Gasteiger partial charge >= 0.3 is 5.97 Å². The lowest BCUT2D eigenvalue weighted by Crippen LogP contribution is -2.66. The van der Waals surface area contributed by atoms with E-state index in [0.717, 1.165) is 18.4 Å². The molecular weight excluding hydrogens is 580 g/mol. The Balaban J connectivity index is 1.34. The van der Waals surface area contributed by atoms with Crippen molar-refractivity contribution in [3.63, 3.8) is 0 Å². The Hall–Kier alpha value is -2.99. The first-order valence-corrected chi connectivity index (χ1v) is 17.9. The molecule has 0 amide bonds. The summed E-state index contributed by atoms with van der Waals surface area (Å²) in [6, 6.07) is 21.4. The van der Waals surface area contributed by atoms with Crippen LogP contribution in [-0.4, -0.2) is 60.2 Å². The number of hydrogen-bond acceptors (Lipinski definition) is 6. The third-order valence-electron chi connectivity index (χ3n) is 9.28. The summed E-state index contributed by atoms with van der Waals surface area (Å²) in [5.41, 5.74) is 1.21. The Labute approximate surface area is 271 Å². The summed E-state index contributed by atoms with van der Waals surface area (Å²) >= 11 is 0. The molecule has 4 rings (SSSR count). The normalized spacial score (nSPS) is 21.6. The third kappa shape index (κ3) is 7.70. The molecule has 1 aliphatic heterocycles. The fraction of sp³-hybridized carbons (Fsp3) is 0.500. The largest absolute Gasteiger partial charge is 0.468 e. The second-order valence-corrected chi connectivity index (χ2v) is 17.7. The standard InChI is InChI=1S/C38H50O6Si/c1-30(28-44-45(36(3,4)5,33-19-13-10-14-20-33)34-21-15-11-16-22-34)18-12-8-9-17-23-41-29-32-27-38(42-24-25-43-38)26-31(2)37(32,6)35(39)40-7/h10-11,13-16,18-22,27,31H,8,12,23-26,28-29H2,1-7H3/b30-18+/t31-,37+/m1/s1. The number of unbranched alkanes of at least 4 members (excludes halogenated alkanes) is 1. The fourth-order valence-corrected chi connectivity index (χ4v) is 11.2. The zero-order valence-corrected chi connectivity index (χ0v) is 29.1. The first-order valence-electron chi connectivity index (χ1n) is 16.0. The Bertz CT molecular complexity index is 1350. The number of hydrogen-bond donors (Lipinski definition) is 0. The minimum atomic E-state index is -2.57. The van der Waals surface area contributed by atoms with Crippen LogP contribution in [0.4, 0.5) is 0 Å². The molecule has 1 heterocycles. The van der Waals surface area contributed by atoms with Gasteiger partial charge in [0.1, 0.15) is 6.61 Å². The quantitative estimate of drug-likeness (QED) is 0.0969. The summed E-state index contributed by atoms with van der Waals surface area (Å²) in [4.78, 5) is 12.8. The number of carbonyl (C=O) groups is 1. The van der Waals surface area contributed by atoms with E-state index in [1.165, 1.54) is 23.1 Å². The van der Waals surface area contributed by atoms with Crippen LogP contribution in [0.1, 0.15) is 60.8 Å². The van der Waals surface area contributed by atoms with E-state index in [4.69, 9.17) is 23.4 Å². The van der Waals surface area contributed by atoms with E-state index >= 15 is 0 Å². The van der Waals surface area contributed by atoms with Gasteiger partial charge in [-0.3, -0.25) is 4.79 Å². The highest BCUT2D eigenvalue weighted by Gasteiger charge is 2.53. The van der Waals surface area contributed by atoms with Crippen LogP contribution in [-0.2, 0) is 28.2 Å². The van der Waals surface area contributed by atoms with Crippen molar-refractivity contribution in [1.29, 1.82) is 0 Å². The fourth-order valence-electron chi connectivity index (χ4n) is 6.61. The van der Waals surface area contributed by atoms with Crippen molar-refractivity contribution >= 4 is 24.7 Å². The minimum Gasteiger partial charge on any atom is -0.468 e. The summed E-state index contributed by atoms with van der Waals surface area (Å²) in [6.07, 6.45) is 6.31. The van der Waals surface area contributed by atoms with Crippen molar-refractivity contribution < 1.29 is 28.2 Å². The summed E-state index contributed by atoms with van der Waals surface area (Å²) in [5.74, 6) is 5.26. The molecule has 45 heavy (non-hydrogen) atoms. The molecule has 242 valence electrons. The molecule has 0 bridgehead atoms. The van der Waals surface area contributed by atoms with Crippen LogP contribution in [0, 0.1) is 23.2 Å². The first kappa shape index (κ1) is 34.9. The molecule has 0 saturated carbocycles. The van der Waals surface area contributed by atoms with Crippen LogP contribution in [0.3, 0.4) is 0 Å². The minimum absolute atomic E-state index is 0.0339. The maximum Gasteiger partial charge on any atom is 0.316 e. The topological polar surface area (TPSA) is 63.2 Å². The maximum atomic E-state index is 12.8. The van der Waals surface area contributed by atoms with E-state index in [9.17, 15) is 4.79 Å². The zero-order valence-electron chi connectivity index (χ0n) is 28.1. The highest BCUT2D eigenvalue weighted by Crippen LogP contribution is 2.48. The van der Waals surface area contributed by atoms with Gasteiger partial charge in [-0.2, -0.15) is 0 Å². The zero-order chi connectivity index (χ0) is 32.6. The molecule has 0 unspecified atom stereocenters. The van der Waals surface area contributed by atoms with Crippen LogP contribution in [0.15, 0.2) is 84.0 Å². The molecule has 2 atom stereocenters. The van der Waals surface area contributed by atoms with E-state index in [1.807, 2.05) is 19.9 Å². The van der Waals surface area contributed by atoms with E-state index in [1.54, 1.807) is 0 Å². The molecule has 1 saturated heterocycles. The Morgan fingerprint density at radius 2 is 1.62 bits per heavy atom. The van der Waals surface area contributed by atoms with Crippen LogP contribution >= 0.6 is 0 Å². The first-order chi connectivity index (χ1) is 21.5. The predicted molar refractivity (Wildman–Crippen MR) is 182 cm³/mol. The Morgan fingerprint density at radius 1 is 1.02 bits per heavy atom. The van der Waals surface area contributed by atoms with Gasteiger partial charge in [0.2, 0.25) is 0 Å². The lowest BCUT2D eigenvalue weighted by molar-refractivity contribution is -0.167. The van der Waals surface area contributed by atoms with E-state index in [2.05, 4.69) is 106 Å². The monoisotopic (exact) mass is 630 g/mol. The molecule has 1 spiro atoms. The van der Waals surface area contributed by atoms with Gasteiger partial charge in [0.25, 0.3) is 8.32 Å². The van der Waals surface area contributed by atoms with Crippen LogP contribution in [0.25, 0.3) is 0 Å². The van der Waals surface area contributed by atoms with E-state index in [0.29, 0.717) is 26.2 Å². The number of allylic oxidation sites excluding steroid dienone is 1. The van der Waals surface area contributed by atoms with Gasteiger partial charge in [0.05, 0.1) is 39.0 Å². The van der Waals surface area contributed by atoms with Crippen LogP contribution < -0.4 is 10.4 Å². The average Bonchev–Trinajstić information content (AvgIpc) is 3.48. The van der Waals surface area contributed by atoms with Crippen molar-refractivity contribution in [2.45, 2.75) is 71.6 Å². The van der Waals surface area contributed by atoms with E-state index < -0.39 is 19.5 Å². The summed E-state index contributed by atoms with van der Waals surface area (Å²) in [5, 5.41) is 2.51. The molecule has 0 N–H and O–H groups in total. The van der Waals surface area contributed by atoms with Gasteiger partial charge in [-0.25, -0.2) is 0 Å². The molecule has 7 heteroatoms. The molecule has 0 radical (unpaired) electrons. The molecule has 1 aliphatic carbocycles. The maximum absolute atomic E-state index is 12.8. The van der Waals surface area contributed by atoms with Gasteiger partial charge in [0.15, 0.2) is 5.79 Å². The summed E-state index contributed by atoms with van der Waals surface area (Å²) < 4.78 is 30.0. The number of rotatable bonds is 11. The second-order valence-electron chi connectivity index (χ2n) is 13.4. The Kier molecular flexibility index (Phi) is 11.7. The van der Waals surface area contributed by atoms with Gasteiger partial charge in [0, 0.05) is 12.8 Å². The highest BCUT2D eigenvalue weighted by molar-refractivity contribution is 6.99. The van der Waals surface area contributed by atoms with Gasteiger partial charge in [-0.15, -0.1) is 5.92 Å². The molecule has 2 aromatic rings. The van der Waals surface area contributed by atoms with Gasteiger partial charge in [-0.05, 0) is 53.2 Å².